The molecule has 94 valence electrons. The van der Waals surface area contributed by atoms with E-state index in [4.69, 9.17) is 4.74 Å². The Kier molecular flexibility index (Phi) is 4.22. The minimum Gasteiger partial charge on any atom is -0.381 e. The molecule has 0 saturated carbocycles. The number of likely N-dealkylation sites (N-methyl/N-ethyl adjacent to an activating group) is 1. The molecule has 16 heavy (non-hydrogen) atoms. The summed E-state index contributed by atoms with van der Waals surface area (Å²) in [5.74, 6) is 0. The predicted octanol–water partition coefficient (Wildman–Crippen LogP) is 1.63. The smallest absolute Gasteiger partial charge is 0.0480 e. The maximum atomic E-state index is 5.43. The summed E-state index contributed by atoms with van der Waals surface area (Å²) >= 11 is 0. The largest absolute Gasteiger partial charge is 0.381 e. The van der Waals surface area contributed by atoms with Gasteiger partial charge in [0.2, 0.25) is 0 Å². The molecule has 0 spiro atoms. The topological polar surface area (TPSA) is 24.5 Å². The zero-order valence-corrected chi connectivity index (χ0v) is 10.8. The molecule has 2 aliphatic heterocycles. The second kappa shape index (κ2) is 5.48. The number of nitrogens with zero attached hydrogens (tertiary/aromatic N) is 1. The zero-order valence-electron chi connectivity index (χ0n) is 10.8. The van der Waals surface area contributed by atoms with Crippen LogP contribution >= 0.6 is 0 Å². The second-order valence-corrected chi connectivity index (χ2v) is 5.42. The van der Waals surface area contributed by atoms with Gasteiger partial charge in [-0.3, -0.25) is 0 Å². The summed E-state index contributed by atoms with van der Waals surface area (Å²) in [5, 5.41) is 3.72. The number of rotatable bonds is 4. The van der Waals surface area contributed by atoms with Crippen molar-refractivity contribution in [3.8, 4) is 0 Å². The average molecular weight is 226 g/mol. The van der Waals surface area contributed by atoms with Crippen LogP contribution in [0.1, 0.15) is 39.0 Å². The molecule has 1 atom stereocenters. The first-order valence-corrected chi connectivity index (χ1v) is 6.79. The summed E-state index contributed by atoms with van der Waals surface area (Å²) in [6, 6.07) is 0.736. The van der Waals surface area contributed by atoms with Crippen LogP contribution in [0, 0.1) is 0 Å². The van der Waals surface area contributed by atoms with Gasteiger partial charge in [-0.1, -0.05) is 6.92 Å². The van der Waals surface area contributed by atoms with Gasteiger partial charge in [-0.25, -0.2) is 0 Å². The third-order valence-corrected chi connectivity index (χ3v) is 4.38. The third-order valence-electron chi connectivity index (χ3n) is 4.38. The lowest BCUT2D eigenvalue weighted by Gasteiger charge is -2.38. The number of nitrogens with one attached hydrogen (secondary N) is 1. The van der Waals surface area contributed by atoms with Crippen molar-refractivity contribution in [2.45, 2.75) is 50.6 Å². The molecule has 2 saturated heterocycles. The lowest BCUT2D eigenvalue weighted by molar-refractivity contribution is 0.0340. The summed E-state index contributed by atoms with van der Waals surface area (Å²) in [6.45, 7) is 6.61. The average Bonchev–Trinajstić information content (AvgIpc) is 2.79. The summed E-state index contributed by atoms with van der Waals surface area (Å²) in [5.41, 5.74) is 0.396. The van der Waals surface area contributed by atoms with Crippen LogP contribution < -0.4 is 5.32 Å². The number of ether oxygens (including phenoxy) is 1. The molecule has 0 bridgehead atoms. The van der Waals surface area contributed by atoms with Crippen molar-refractivity contribution in [1.82, 2.24) is 10.2 Å². The van der Waals surface area contributed by atoms with Gasteiger partial charge in [-0.2, -0.15) is 0 Å². The maximum Gasteiger partial charge on any atom is 0.0480 e. The molecule has 3 heteroatoms. The molecule has 2 heterocycles. The normalized spacial score (nSPS) is 32.4. The van der Waals surface area contributed by atoms with Gasteiger partial charge in [-0.05, 0) is 45.7 Å². The molecular weight excluding hydrogens is 200 g/mol. The van der Waals surface area contributed by atoms with Gasteiger partial charge < -0.3 is 15.0 Å². The molecule has 2 fully saturated rings. The fourth-order valence-corrected chi connectivity index (χ4v) is 3.15. The van der Waals surface area contributed by atoms with Crippen LogP contribution in [-0.2, 0) is 4.74 Å². The number of hydrogen-bond donors (Lipinski definition) is 1. The number of hydrogen-bond acceptors (Lipinski definition) is 3. The van der Waals surface area contributed by atoms with E-state index in [1.54, 1.807) is 0 Å². The molecule has 2 rings (SSSR count). The highest BCUT2D eigenvalue weighted by atomic mass is 16.5. The summed E-state index contributed by atoms with van der Waals surface area (Å²) in [4.78, 5) is 2.56. The first-order valence-electron chi connectivity index (χ1n) is 6.79. The summed E-state index contributed by atoms with van der Waals surface area (Å²) in [7, 11) is 2.29. The van der Waals surface area contributed by atoms with Crippen molar-refractivity contribution in [2.24, 2.45) is 0 Å². The molecular formula is C13H26N2O. The SMILES string of the molecule is CCC1(CN(C)C2CCOCC2)CCCN1. The molecule has 0 radical (unpaired) electrons. The van der Waals surface area contributed by atoms with Crippen molar-refractivity contribution in [2.75, 3.05) is 33.4 Å². The van der Waals surface area contributed by atoms with Gasteiger partial charge in [-0.15, -0.1) is 0 Å². The van der Waals surface area contributed by atoms with Crippen LogP contribution in [0.25, 0.3) is 0 Å². The Balaban J connectivity index is 1.86. The minimum absolute atomic E-state index is 0.396. The molecule has 1 N–H and O–H groups in total. The van der Waals surface area contributed by atoms with Gasteiger partial charge in [0.1, 0.15) is 0 Å². The van der Waals surface area contributed by atoms with E-state index >= 15 is 0 Å². The predicted molar refractivity (Wildman–Crippen MR) is 66.7 cm³/mol. The van der Waals surface area contributed by atoms with Crippen molar-refractivity contribution < 1.29 is 4.74 Å². The highest BCUT2D eigenvalue weighted by molar-refractivity contribution is 4.95. The Morgan fingerprint density at radius 2 is 2.12 bits per heavy atom. The summed E-state index contributed by atoms with van der Waals surface area (Å²) in [6.07, 6.45) is 6.35. The maximum absolute atomic E-state index is 5.43. The van der Waals surface area contributed by atoms with Crippen molar-refractivity contribution >= 4 is 0 Å². The molecule has 0 aromatic carbocycles. The fraction of sp³-hybridized carbons (Fsp3) is 1.00. The van der Waals surface area contributed by atoms with Gasteiger partial charge in [0.15, 0.2) is 0 Å². The van der Waals surface area contributed by atoms with E-state index < -0.39 is 0 Å². The van der Waals surface area contributed by atoms with Crippen LogP contribution in [0.3, 0.4) is 0 Å². The Morgan fingerprint density at radius 3 is 2.69 bits per heavy atom. The first-order chi connectivity index (χ1) is 7.76. The lowest BCUT2D eigenvalue weighted by atomic mass is 9.92. The first kappa shape index (κ1) is 12.3. The molecule has 2 aliphatic rings. The van der Waals surface area contributed by atoms with Crippen LogP contribution in [0.2, 0.25) is 0 Å². The van der Waals surface area contributed by atoms with E-state index in [1.807, 2.05) is 0 Å². The summed E-state index contributed by atoms with van der Waals surface area (Å²) < 4.78 is 5.43. The van der Waals surface area contributed by atoms with Gasteiger partial charge in [0.05, 0.1) is 0 Å². The molecule has 3 nitrogen and oxygen atoms in total. The van der Waals surface area contributed by atoms with E-state index in [-0.39, 0.29) is 0 Å². The van der Waals surface area contributed by atoms with Crippen molar-refractivity contribution in [1.29, 1.82) is 0 Å². The Labute approximate surface area is 99.5 Å². The van der Waals surface area contributed by atoms with Gasteiger partial charge >= 0.3 is 0 Å². The van der Waals surface area contributed by atoms with Crippen LogP contribution in [0.15, 0.2) is 0 Å². The lowest BCUT2D eigenvalue weighted by Crippen LogP contribution is -2.51. The Bertz CT molecular complexity index is 208. The van der Waals surface area contributed by atoms with E-state index in [2.05, 4.69) is 24.2 Å². The van der Waals surface area contributed by atoms with E-state index in [0.717, 1.165) is 19.3 Å². The molecule has 0 aromatic heterocycles. The molecule has 0 amide bonds. The molecule has 1 unspecified atom stereocenters. The van der Waals surface area contributed by atoms with Gasteiger partial charge in [0, 0.05) is 31.3 Å². The Hall–Kier alpha value is -0.120. The van der Waals surface area contributed by atoms with E-state index in [0.29, 0.717) is 5.54 Å². The van der Waals surface area contributed by atoms with Crippen molar-refractivity contribution in [3.63, 3.8) is 0 Å². The van der Waals surface area contributed by atoms with Crippen LogP contribution in [0.5, 0.6) is 0 Å². The van der Waals surface area contributed by atoms with Gasteiger partial charge in [0.25, 0.3) is 0 Å². The third kappa shape index (κ3) is 2.76. The van der Waals surface area contributed by atoms with E-state index in [1.165, 1.54) is 45.2 Å². The van der Waals surface area contributed by atoms with Crippen LogP contribution in [0.4, 0.5) is 0 Å². The zero-order chi connectivity index (χ0) is 11.4. The fourth-order valence-electron chi connectivity index (χ4n) is 3.15. The van der Waals surface area contributed by atoms with E-state index in [9.17, 15) is 0 Å². The second-order valence-electron chi connectivity index (χ2n) is 5.42. The standard InChI is InChI=1S/C13H26N2O/c1-3-13(7-4-8-14-13)11-15(2)12-5-9-16-10-6-12/h12,14H,3-11H2,1-2H3. The quantitative estimate of drug-likeness (QED) is 0.788. The van der Waals surface area contributed by atoms with Crippen molar-refractivity contribution in [3.05, 3.63) is 0 Å². The monoisotopic (exact) mass is 226 g/mol. The van der Waals surface area contributed by atoms with Crippen LogP contribution in [-0.4, -0.2) is 49.8 Å². The minimum atomic E-state index is 0.396. The molecule has 0 aliphatic carbocycles. The Morgan fingerprint density at radius 1 is 1.38 bits per heavy atom. The highest BCUT2D eigenvalue weighted by Gasteiger charge is 2.34. The highest BCUT2D eigenvalue weighted by Crippen LogP contribution is 2.25. The molecule has 0 aromatic rings.